The van der Waals surface area contributed by atoms with E-state index >= 15 is 0 Å². The van der Waals surface area contributed by atoms with Crippen molar-refractivity contribution in [3.05, 3.63) is 18.3 Å². The van der Waals surface area contributed by atoms with Gasteiger partial charge in [-0.25, -0.2) is 4.98 Å². The fraction of sp³-hybridized carbons (Fsp3) is 0.571. The van der Waals surface area contributed by atoms with Crippen LogP contribution in [0.2, 0.25) is 0 Å². The Labute approximate surface area is 113 Å². The number of carbonyl (C=O) groups is 1. The number of nitrogens with zero attached hydrogens (tertiary/aromatic N) is 2. The molecule has 1 aliphatic rings. The number of pyridine rings is 1. The summed E-state index contributed by atoms with van der Waals surface area (Å²) in [4.78, 5) is 17.0. The van der Waals surface area contributed by atoms with E-state index in [0.29, 0.717) is 11.8 Å². The van der Waals surface area contributed by atoms with E-state index in [4.69, 9.17) is 9.84 Å². The van der Waals surface area contributed by atoms with Crippen LogP contribution < -0.4 is 9.64 Å². The topological polar surface area (TPSA) is 62.7 Å². The van der Waals surface area contributed by atoms with E-state index in [0.717, 1.165) is 38.0 Å². The number of aromatic nitrogens is 1. The van der Waals surface area contributed by atoms with Crippen LogP contribution in [0.4, 0.5) is 5.69 Å². The lowest BCUT2D eigenvalue weighted by atomic mass is 9.92. The third-order valence-electron chi connectivity index (χ3n) is 3.67. The van der Waals surface area contributed by atoms with Crippen molar-refractivity contribution in [1.82, 2.24) is 4.98 Å². The summed E-state index contributed by atoms with van der Waals surface area (Å²) in [5.74, 6) is 0.475. The number of hydrogen-bond donors (Lipinski definition) is 1. The van der Waals surface area contributed by atoms with Crippen LogP contribution in [-0.2, 0) is 4.79 Å². The smallest absolute Gasteiger partial charge is 0.303 e. The SMILES string of the molecule is COc1cc(N2CCC(CCC(=O)O)CC2)ccn1. The molecule has 2 rings (SSSR count). The van der Waals surface area contributed by atoms with Gasteiger partial charge in [-0.1, -0.05) is 0 Å². The van der Waals surface area contributed by atoms with Crippen LogP contribution in [0.25, 0.3) is 0 Å². The summed E-state index contributed by atoms with van der Waals surface area (Å²) < 4.78 is 5.13. The first-order valence-electron chi connectivity index (χ1n) is 6.66. The minimum absolute atomic E-state index is 0.285. The Balaban J connectivity index is 1.87. The van der Waals surface area contributed by atoms with Crippen LogP contribution in [0, 0.1) is 5.92 Å². The standard InChI is InChI=1S/C14H20N2O3/c1-19-13-10-12(4-7-15-13)16-8-5-11(6-9-16)2-3-14(17)18/h4,7,10-11H,2-3,5-6,8-9H2,1H3,(H,17,18). The number of ether oxygens (including phenoxy) is 1. The number of methoxy groups -OCH3 is 1. The second-order valence-corrected chi connectivity index (χ2v) is 4.92. The predicted octanol–water partition coefficient (Wildman–Crippen LogP) is 2.17. The molecule has 19 heavy (non-hydrogen) atoms. The number of aliphatic carboxylic acids is 1. The maximum atomic E-state index is 10.6. The van der Waals surface area contributed by atoms with Gasteiger partial charge in [0.1, 0.15) is 0 Å². The first kappa shape index (κ1) is 13.6. The molecule has 0 saturated carbocycles. The predicted molar refractivity (Wildman–Crippen MR) is 72.6 cm³/mol. The highest BCUT2D eigenvalue weighted by Crippen LogP contribution is 2.27. The summed E-state index contributed by atoms with van der Waals surface area (Å²) in [6.45, 7) is 1.94. The van der Waals surface area contributed by atoms with E-state index in [-0.39, 0.29) is 6.42 Å². The maximum Gasteiger partial charge on any atom is 0.303 e. The lowest BCUT2D eigenvalue weighted by Crippen LogP contribution is -2.33. The third-order valence-corrected chi connectivity index (χ3v) is 3.67. The van der Waals surface area contributed by atoms with Crippen LogP contribution in [-0.4, -0.2) is 36.3 Å². The number of piperidine rings is 1. The molecule has 0 bridgehead atoms. The molecular weight excluding hydrogens is 244 g/mol. The zero-order valence-electron chi connectivity index (χ0n) is 11.2. The maximum absolute atomic E-state index is 10.6. The zero-order valence-corrected chi connectivity index (χ0v) is 11.2. The second-order valence-electron chi connectivity index (χ2n) is 4.92. The van der Waals surface area contributed by atoms with Crippen molar-refractivity contribution in [3.8, 4) is 5.88 Å². The van der Waals surface area contributed by atoms with Gasteiger partial charge in [-0.05, 0) is 31.2 Å². The average Bonchev–Trinajstić information content (AvgIpc) is 2.45. The highest BCUT2D eigenvalue weighted by atomic mass is 16.5. The van der Waals surface area contributed by atoms with Crippen molar-refractivity contribution in [2.24, 2.45) is 5.92 Å². The minimum Gasteiger partial charge on any atom is -0.481 e. The molecule has 0 atom stereocenters. The average molecular weight is 264 g/mol. The Morgan fingerprint density at radius 1 is 1.53 bits per heavy atom. The van der Waals surface area contributed by atoms with E-state index < -0.39 is 5.97 Å². The van der Waals surface area contributed by atoms with Crippen molar-refractivity contribution in [2.75, 3.05) is 25.1 Å². The van der Waals surface area contributed by atoms with Crippen LogP contribution >= 0.6 is 0 Å². The summed E-state index contributed by atoms with van der Waals surface area (Å²) in [6, 6.07) is 3.93. The molecule has 0 radical (unpaired) electrons. The largest absolute Gasteiger partial charge is 0.481 e. The van der Waals surface area contributed by atoms with Crippen LogP contribution in [0.3, 0.4) is 0 Å². The molecule has 0 aliphatic carbocycles. The third kappa shape index (κ3) is 3.84. The van der Waals surface area contributed by atoms with Gasteiger partial charge in [0.15, 0.2) is 0 Å². The number of anilines is 1. The van der Waals surface area contributed by atoms with Gasteiger partial charge < -0.3 is 14.7 Å². The lowest BCUT2D eigenvalue weighted by Gasteiger charge is -2.33. The van der Waals surface area contributed by atoms with Gasteiger partial charge in [-0.3, -0.25) is 4.79 Å². The summed E-state index contributed by atoms with van der Waals surface area (Å²) in [5, 5.41) is 8.70. The van der Waals surface area contributed by atoms with Crippen LogP contribution in [0.5, 0.6) is 5.88 Å². The van der Waals surface area contributed by atoms with E-state index in [1.54, 1.807) is 13.3 Å². The van der Waals surface area contributed by atoms with E-state index in [1.165, 1.54) is 0 Å². The molecule has 1 aromatic heterocycles. The molecule has 5 nitrogen and oxygen atoms in total. The molecule has 1 saturated heterocycles. The van der Waals surface area contributed by atoms with Gasteiger partial charge in [-0.15, -0.1) is 0 Å². The molecule has 104 valence electrons. The normalized spacial score (nSPS) is 16.4. The fourth-order valence-electron chi connectivity index (χ4n) is 2.51. The summed E-state index contributed by atoms with van der Waals surface area (Å²) in [7, 11) is 1.62. The van der Waals surface area contributed by atoms with Crippen molar-refractivity contribution < 1.29 is 14.6 Å². The highest BCUT2D eigenvalue weighted by Gasteiger charge is 2.20. The molecule has 1 aromatic rings. The highest BCUT2D eigenvalue weighted by molar-refractivity contribution is 5.66. The molecule has 0 aromatic carbocycles. The van der Waals surface area contributed by atoms with Crippen molar-refractivity contribution in [3.63, 3.8) is 0 Å². The van der Waals surface area contributed by atoms with E-state index in [9.17, 15) is 4.79 Å². The first-order chi connectivity index (χ1) is 9.19. The summed E-state index contributed by atoms with van der Waals surface area (Å²) >= 11 is 0. The molecule has 1 N–H and O–H groups in total. The molecule has 0 spiro atoms. The Kier molecular flexibility index (Phi) is 4.60. The van der Waals surface area contributed by atoms with Crippen molar-refractivity contribution in [2.45, 2.75) is 25.7 Å². The Hall–Kier alpha value is -1.78. The number of carboxylic acids is 1. The second kappa shape index (κ2) is 6.41. The Bertz CT molecular complexity index is 428. The number of hydrogen-bond acceptors (Lipinski definition) is 4. The number of rotatable bonds is 5. The molecule has 1 fully saturated rings. The van der Waals surface area contributed by atoms with Gasteiger partial charge >= 0.3 is 5.97 Å². The molecule has 2 heterocycles. The molecular formula is C14H20N2O3. The monoisotopic (exact) mass is 264 g/mol. The van der Waals surface area contributed by atoms with Gasteiger partial charge in [0.2, 0.25) is 5.88 Å². The zero-order chi connectivity index (χ0) is 13.7. The lowest BCUT2D eigenvalue weighted by molar-refractivity contribution is -0.137. The quantitative estimate of drug-likeness (QED) is 0.883. The molecule has 5 heteroatoms. The molecule has 1 aliphatic heterocycles. The van der Waals surface area contributed by atoms with Gasteiger partial charge in [0, 0.05) is 37.5 Å². The molecule has 0 amide bonds. The number of carboxylic acid groups (broad SMARTS) is 1. The Morgan fingerprint density at radius 3 is 2.89 bits per heavy atom. The fourth-order valence-corrected chi connectivity index (χ4v) is 2.51. The van der Waals surface area contributed by atoms with E-state index in [2.05, 4.69) is 9.88 Å². The van der Waals surface area contributed by atoms with Gasteiger partial charge in [0.25, 0.3) is 0 Å². The van der Waals surface area contributed by atoms with Crippen molar-refractivity contribution in [1.29, 1.82) is 0 Å². The van der Waals surface area contributed by atoms with Gasteiger partial charge in [0.05, 0.1) is 7.11 Å². The summed E-state index contributed by atoms with van der Waals surface area (Å²) in [6.07, 6.45) is 4.94. The summed E-state index contributed by atoms with van der Waals surface area (Å²) in [5.41, 5.74) is 1.13. The van der Waals surface area contributed by atoms with Crippen molar-refractivity contribution >= 4 is 11.7 Å². The van der Waals surface area contributed by atoms with Crippen LogP contribution in [0.1, 0.15) is 25.7 Å². The van der Waals surface area contributed by atoms with Crippen LogP contribution in [0.15, 0.2) is 18.3 Å². The molecule has 0 unspecified atom stereocenters. The van der Waals surface area contributed by atoms with Gasteiger partial charge in [-0.2, -0.15) is 0 Å². The minimum atomic E-state index is -0.693. The van der Waals surface area contributed by atoms with E-state index in [1.807, 2.05) is 12.1 Å². The first-order valence-corrected chi connectivity index (χ1v) is 6.66. The Morgan fingerprint density at radius 2 is 2.26 bits per heavy atom.